The van der Waals surface area contributed by atoms with Gasteiger partial charge in [0.05, 0.1) is 7.11 Å². The third kappa shape index (κ3) is 3.69. The summed E-state index contributed by atoms with van der Waals surface area (Å²) in [7, 11) is 1.48. The van der Waals surface area contributed by atoms with Gasteiger partial charge in [0.2, 0.25) is 0 Å². The van der Waals surface area contributed by atoms with E-state index < -0.39 is 0 Å². The molecule has 4 heteroatoms. The third-order valence-electron chi connectivity index (χ3n) is 4.56. The lowest BCUT2D eigenvalue weighted by Gasteiger charge is -2.33. The SMILES string of the molecule is COC(=O)C(CN1CCC2CCCCC21)NC(C)C. The Morgan fingerprint density at radius 3 is 2.74 bits per heavy atom. The van der Waals surface area contributed by atoms with Crippen molar-refractivity contribution in [3.8, 4) is 0 Å². The summed E-state index contributed by atoms with van der Waals surface area (Å²) in [4.78, 5) is 14.4. The van der Waals surface area contributed by atoms with Crippen molar-refractivity contribution in [1.82, 2.24) is 10.2 Å². The molecule has 0 spiro atoms. The topological polar surface area (TPSA) is 41.6 Å². The van der Waals surface area contributed by atoms with E-state index in [1.54, 1.807) is 0 Å². The van der Waals surface area contributed by atoms with Crippen molar-refractivity contribution < 1.29 is 9.53 Å². The molecule has 1 saturated carbocycles. The maximum atomic E-state index is 11.9. The van der Waals surface area contributed by atoms with Crippen molar-refractivity contribution in [2.75, 3.05) is 20.2 Å². The minimum absolute atomic E-state index is 0.132. The molecule has 2 rings (SSSR count). The molecule has 0 radical (unpaired) electrons. The second-order valence-corrected chi connectivity index (χ2v) is 6.29. The monoisotopic (exact) mass is 268 g/mol. The van der Waals surface area contributed by atoms with Crippen LogP contribution in [0.5, 0.6) is 0 Å². The van der Waals surface area contributed by atoms with Crippen molar-refractivity contribution >= 4 is 5.97 Å². The van der Waals surface area contributed by atoms with Gasteiger partial charge in [-0.05, 0) is 31.7 Å². The third-order valence-corrected chi connectivity index (χ3v) is 4.56. The smallest absolute Gasteiger partial charge is 0.324 e. The Hall–Kier alpha value is -0.610. The van der Waals surface area contributed by atoms with Crippen molar-refractivity contribution in [2.24, 2.45) is 5.92 Å². The number of ether oxygens (including phenoxy) is 1. The zero-order chi connectivity index (χ0) is 13.8. The van der Waals surface area contributed by atoms with Crippen LogP contribution in [0.15, 0.2) is 0 Å². The first-order chi connectivity index (χ1) is 9.11. The maximum absolute atomic E-state index is 11.9. The maximum Gasteiger partial charge on any atom is 0.324 e. The quantitative estimate of drug-likeness (QED) is 0.772. The van der Waals surface area contributed by atoms with E-state index in [2.05, 4.69) is 24.1 Å². The number of hydrogen-bond acceptors (Lipinski definition) is 4. The summed E-state index contributed by atoms with van der Waals surface area (Å²) in [5.74, 6) is 0.735. The van der Waals surface area contributed by atoms with E-state index in [1.807, 2.05) is 0 Å². The van der Waals surface area contributed by atoms with E-state index in [0.717, 1.165) is 19.0 Å². The number of carbonyl (C=O) groups is 1. The van der Waals surface area contributed by atoms with E-state index in [9.17, 15) is 4.79 Å². The van der Waals surface area contributed by atoms with Crippen LogP contribution < -0.4 is 5.32 Å². The highest BCUT2D eigenvalue weighted by Gasteiger charge is 2.37. The fourth-order valence-corrected chi connectivity index (χ4v) is 3.70. The molecule has 3 unspecified atom stereocenters. The first kappa shape index (κ1) is 14.8. The molecule has 1 aliphatic heterocycles. The minimum atomic E-state index is -0.189. The molecular weight excluding hydrogens is 240 g/mol. The zero-order valence-corrected chi connectivity index (χ0v) is 12.5. The van der Waals surface area contributed by atoms with Crippen LogP contribution >= 0.6 is 0 Å². The molecule has 1 N–H and O–H groups in total. The fraction of sp³-hybridized carbons (Fsp3) is 0.933. The Morgan fingerprint density at radius 1 is 1.32 bits per heavy atom. The Labute approximate surface area is 116 Å². The van der Waals surface area contributed by atoms with Crippen molar-refractivity contribution in [2.45, 2.75) is 64.1 Å². The van der Waals surface area contributed by atoms with Crippen molar-refractivity contribution in [3.63, 3.8) is 0 Å². The number of esters is 1. The Morgan fingerprint density at radius 2 is 2.05 bits per heavy atom. The molecule has 110 valence electrons. The van der Waals surface area contributed by atoms with Gasteiger partial charge < -0.3 is 10.1 Å². The second kappa shape index (κ2) is 6.71. The molecule has 0 aromatic carbocycles. The number of nitrogens with one attached hydrogen (secondary N) is 1. The van der Waals surface area contributed by atoms with E-state index >= 15 is 0 Å². The summed E-state index contributed by atoms with van der Waals surface area (Å²) in [6.45, 7) is 6.08. The van der Waals surface area contributed by atoms with Gasteiger partial charge >= 0.3 is 5.97 Å². The number of rotatable bonds is 5. The second-order valence-electron chi connectivity index (χ2n) is 6.29. The number of methoxy groups -OCH3 is 1. The lowest BCUT2D eigenvalue weighted by atomic mass is 9.85. The number of likely N-dealkylation sites (tertiary alicyclic amines) is 1. The molecular formula is C15H28N2O2. The zero-order valence-electron chi connectivity index (χ0n) is 12.5. The van der Waals surface area contributed by atoms with E-state index in [0.29, 0.717) is 12.1 Å². The Kier molecular flexibility index (Phi) is 5.22. The van der Waals surface area contributed by atoms with Crippen LogP contribution in [0, 0.1) is 5.92 Å². The Balaban J connectivity index is 1.94. The average molecular weight is 268 g/mol. The lowest BCUT2D eigenvalue weighted by molar-refractivity contribution is -0.144. The van der Waals surface area contributed by atoms with Gasteiger partial charge in [0.15, 0.2) is 0 Å². The highest BCUT2D eigenvalue weighted by molar-refractivity contribution is 5.76. The molecule has 3 atom stereocenters. The standard InChI is InChI=1S/C15H28N2O2/c1-11(2)16-13(15(18)19-3)10-17-9-8-12-6-4-5-7-14(12)17/h11-14,16H,4-10H2,1-3H3. The van der Waals surface area contributed by atoms with E-state index in [-0.39, 0.29) is 12.0 Å². The summed E-state index contributed by atoms with van der Waals surface area (Å²) < 4.78 is 4.93. The average Bonchev–Trinajstić information content (AvgIpc) is 2.80. The van der Waals surface area contributed by atoms with Crippen LogP contribution in [-0.2, 0) is 9.53 Å². The van der Waals surface area contributed by atoms with Crippen LogP contribution in [-0.4, -0.2) is 49.2 Å². The predicted molar refractivity (Wildman–Crippen MR) is 76.0 cm³/mol. The predicted octanol–water partition coefficient (Wildman–Crippen LogP) is 1.79. The molecule has 1 aliphatic carbocycles. The molecule has 0 aromatic rings. The van der Waals surface area contributed by atoms with Gasteiger partial charge in [-0.25, -0.2) is 0 Å². The summed E-state index contributed by atoms with van der Waals surface area (Å²) >= 11 is 0. The summed E-state index contributed by atoms with van der Waals surface area (Å²) in [6, 6.07) is 0.814. The van der Waals surface area contributed by atoms with Crippen LogP contribution in [0.3, 0.4) is 0 Å². The number of carbonyl (C=O) groups excluding carboxylic acids is 1. The van der Waals surface area contributed by atoms with Gasteiger partial charge in [-0.1, -0.05) is 26.7 Å². The molecule has 1 heterocycles. The van der Waals surface area contributed by atoms with Crippen LogP contribution in [0.1, 0.15) is 46.0 Å². The molecule has 0 amide bonds. The molecule has 4 nitrogen and oxygen atoms in total. The lowest BCUT2D eigenvalue weighted by Crippen LogP contribution is -2.50. The number of hydrogen-bond donors (Lipinski definition) is 1. The number of nitrogens with zero attached hydrogens (tertiary/aromatic N) is 1. The van der Waals surface area contributed by atoms with Gasteiger partial charge in [0.25, 0.3) is 0 Å². The molecule has 1 saturated heterocycles. The van der Waals surface area contributed by atoms with Crippen LogP contribution in [0.2, 0.25) is 0 Å². The molecule has 2 aliphatic rings. The van der Waals surface area contributed by atoms with Gasteiger partial charge in [-0.2, -0.15) is 0 Å². The van der Waals surface area contributed by atoms with Crippen molar-refractivity contribution in [3.05, 3.63) is 0 Å². The molecule has 19 heavy (non-hydrogen) atoms. The van der Waals surface area contributed by atoms with Gasteiger partial charge in [0.1, 0.15) is 6.04 Å². The van der Waals surface area contributed by atoms with Crippen molar-refractivity contribution in [1.29, 1.82) is 0 Å². The first-order valence-electron chi connectivity index (χ1n) is 7.69. The molecule has 2 fully saturated rings. The van der Waals surface area contributed by atoms with E-state index in [4.69, 9.17) is 4.74 Å². The van der Waals surface area contributed by atoms with Gasteiger partial charge in [-0.3, -0.25) is 9.69 Å². The van der Waals surface area contributed by atoms with Crippen LogP contribution in [0.4, 0.5) is 0 Å². The summed E-state index contributed by atoms with van der Waals surface area (Å²) in [5, 5.41) is 3.34. The van der Waals surface area contributed by atoms with E-state index in [1.165, 1.54) is 39.2 Å². The Bertz CT molecular complexity index is 307. The van der Waals surface area contributed by atoms with Gasteiger partial charge in [0, 0.05) is 18.6 Å². The summed E-state index contributed by atoms with van der Waals surface area (Å²) in [6.07, 6.45) is 6.72. The molecule has 0 bridgehead atoms. The molecule has 0 aromatic heterocycles. The summed E-state index contributed by atoms with van der Waals surface area (Å²) in [5.41, 5.74) is 0. The minimum Gasteiger partial charge on any atom is -0.468 e. The highest BCUT2D eigenvalue weighted by Crippen LogP contribution is 2.36. The largest absolute Gasteiger partial charge is 0.468 e. The normalized spacial score (nSPS) is 29.3. The highest BCUT2D eigenvalue weighted by atomic mass is 16.5. The first-order valence-corrected chi connectivity index (χ1v) is 7.69. The van der Waals surface area contributed by atoms with Gasteiger partial charge in [-0.15, -0.1) is 0 Å². The van der Waals surface area contributed by atoms with Crippen LogP contribution in [0.25, 0.3) is 0 Å². The number of fused-ring (bicyclic) bond motifs is 1. The fourth-order valence-electron chi connectivity index (χ4n) is 3.70.